The normalized spacial score (nSPS) is 12.8. The maximum atomic E-state index is 15.3. The zero-order chi connectivity index (χ0) is 40.1. The number of alkyl halides is 6. The minimum absolute atomic E-state index is 0.00740. The number of terminal acetylenes is 2. The van der Waals surface area contributed by atoms with E-state index in [9.17, 15) is 39.0 Å². The zero-order valence-electron chi connectivity index (χ0n) is 27.2. The molecule has 0 fully saturated rings. The Balaban J connectivity index is 1.71. The summed E-state index contributed by atoms with van der Waals surface area (Å²) >= 11 is 0. The van der Waals surface area contributed by atoms with Gasteiger partial charge in [-0.05, 0) is 65.7 Å². The van der Waals surface area contributed by atoms with E-state index < -0.39 is 97.6 Å². The van der Waals surface area contributed by atoms with Crippen molar-refractivity contribution in [2.45, 2.75) is 17.8 Å². The summed E-state index contributed by atoms with van der Waals surface area (Å²) in [5.74, 6) is -2.65. The fourth-order valence-electron chi connectivity index (χ4n) is 6.02. The maximum Gasteiger partial charge on any atom is 0.411 e. The molecule has 54 heavy (non-hydrogen) atoms. The van der Waals surface area contributed by atoms with Gasteiger partial charge in [-0.15, -0.1) is 12.8 Å². The second kappa shape index (κ2) is 13.4. The number of nitrogens with zero attached hydrogens (tertiary/aromatic N) is 2. The monoisotopic (exact) mass is 746 g/mol. The highest BCUT2D eigenvalue weighted by molar-refractivity contribution is 6.34. The summed E-state index contributed by atoms with van der Waals surface area (Å²) in [4.78, 5) is 76.8. The fraction of sp³-hybridized carbons (Fsp3) is 0.105. The van der Waals surface area contributed by atoms with Crippen molar-refractivity contribution in [3.8, 4) is 24.7 Å². The first-order valence-electron chi connectivity index (χ1n) is 15.0. The van der Waals surface area contributed by atoms with Crippen molar-refractivity contribution in [3.63, 3.8) is 0 Å². The molecule has 10 nitrogen and oxygen atoms in total. The number of amides is 3. The van der Waals surface area contributed by atoms with Gasteiger partial charge in [-0.2, -0.15) is 26.3 Å². The van der Waals surface area contributed by atoms with Crippen molar-refractivity contribution < 1.29 is 65.3 Å². The van der Waals surface area contributed by atoms with Gasteiger partial charge in [-0.25, -0.2) is 14.5 Å². The minimum Gasteiger partial charge on any atom is -0.478 e. The molecule has 0 aromatic heterocycles. The highest BCUT2D eigenvalue weighted by Gasteiger charge is 2.73. The Bertz CT molecular complexity index is 2410. The van der Waals surface area contributed by atoms with Gasteiger partial charge in [0.05, 0.1) is 33.5 Å². The molecule has 1 aliphatic heterocycles. The predicted molar refractivity (Wildman–Crippen MR) is 178 cm³/mol. The van der Waals surface area contributed by atoms with Gasteiger partial charge in [0, 0.05) is 29.4 Å². The second-order valence-corrected chi connectivity index (χ2v) is 11.7. The van der Waals surface area contributed by atoms with Gasteiger partial charge in [-0.3, -0.25) is 19.2 Å². The van der Waals surface area contributed by atoms with Gasteiger partial charge in [0.1, 0.15) is 0 Å². The highest BCUT2D eigenvalue weighted by Crippen LogP contribution is 2.57. The Morgan fingerprint density at radius 1 is 0.722 bits per heavy atom. The Morgan fingerprint density at radius 2 is 1.24 bits per heavy atom. The Kier molecular flexibility index (Phi) is 9.45. The smallest absolute Gasteiger partial charge is 0.411 e. The SMILES string of the molecule is C#Cc1cc(C(=O)O)cc(N(C)C(=O)c2cc(C(c3ccc4c(c3)C(=O)N(c3cc(C#C)cc(C(=O)O)c3)C4=O)(C(F)(F)F)C(F)(F)F)ccc2C=O)c1. The Morgan fingerprint density at radius 3 is 1.78 bits per heavy atom. The van der Waals surface area contributed by atoms with Crippen LogP contribution in [0.3, 0.4) is 0 Å². The van der Waals surface area contributed by atoms with E-state index in [-0.39, 0.29) is 35.2 Å². The predicted octanol–water partition coefficient (Wildman–Crippen LogP) is 6.35. The van der Waals surface area contributed by atoms with Crippen LogP contribution in [0, 0.1) is 24.7 Å². The molecule has 4 aromatic carbocycles. The van der Waals surface area contributed by atoms with E-state index >= 15 is 26.3 Å². The lowest BCUT2D eigenvalue weighted by atomic mass is 9.71. The number of carbonyl (C=O) groups excluding carboxylic acids is 4. The van der Waals surface area contributed by atoms with Crippen LogP contribution in [-0.4, -0.2) is 65.6 Å². The number of carbonyl (C=O) groups is 6. The summed E-state index contributed by atoms with van der Waals surface area (Å²) in [6.45, 7) is 0. The molecule has 3 amide bonds. The Labute approximate surface area is 300 Å². The van der Waals surface area contributed by atoms with E-state index in [4.69, 9.17) is 12.8 Å². The van der Waals surface area contributed by atoms with Crippen LogP contribution in [0.4, 0.5) is 37.7 Å². The van der Waals surface area contributed by atoms with Gasteiger partial charge < -0.3 is 15.1 Å². The van der Waals surface area contributed by atoms with Gasteiger partial charge in [0.2, 0.25) is 5.41 Å². The minimum atomic E-state index is -6.27. The average Bonchev–Trinajstić information content (AvgIpc) is 3.37. The van der Waals surface area contributed by atoms with Crippen LogP contribution >= 0.6 is 0 Å². The lowest BCUT2D eigenvalue weighted by Crippen LogP contribution is -2.55. The molecule has 0 saturated carbocycles. The molecule has 5 rings (SSSR count). The number of benzene rings is 4. The number of hydrogen-bond acceptors (Lipinski definition) is 6. The number of aromatic carboxylic acids is 2. The van der Waals surface area contributed by atoms with Crippen molar-refractivity contribution in [3.05, 3.63) is 128 Å². The molecule has 0 spiro atoms. The number of rotatable bonds is 8. The lowest BCUT2D eigenvalue weighted by molar-refractivity contribution is -0.288. The van der Waals surface area contributed by atoms with Crippen LogP contribution in [0.2, 0.25) is 0 Å². The molecule has 1 heterocycles. The zero-order valence-corrected chi connectivity index (χ0v) is 27.2. The van der Waals surface area contributed by atoms with E-state index in [1.165, 1.54) is 0 Å². The standard InChI is InChI=1S/C38H20F6N2O8/c1-4-19-10-22(34(51)52)14-26(12-19)45(3)31(48)29-16-24(7-6-21(29)18-47)36(37(39,40)41,38(42,43)44)25-8-9-28-30(17-25)33(50)46(32(28)49)27-13-20(5-2)11-23(15-27)35(53)54/h1-2,6-18H,3H3,(H,51,52)(H,53,54). The van der Waals surface area contributed by atoms with Gasteiger partial charge in [0.15, 0.2) is 6.29 Å². The quantitative estimate of drug-likeness (QED) is 0.0918. The van der Waals surface area contributed by atoms with Gasteiger partial charge >= 0.3 is 24.3 Å². The summed E-state index contributed by atoms with van der Waals surface area (Å²) in [6, 6.07) is 8.30. The lowest BCUT2D eigenvalue weighted by Gasteiger charge is -2.38. The Hall–Kier alpha value is -7.20. The third kappa shape index (κ3) is 6.09. The largest absolute Gasteiger partial charge is 0.478 e. The third-order valence-corrected chi connectivity index (χ3v) is 8.63. The van der Waals surface area contributed by atoms with Crippen molar-refractivity contribution in [1.29, 1.82) is 0 Å². The summed E-state index contributed by atoms with van der Waals surface area (Å²) in [7, 11) is 1.01. The molecule has 16 heteroatoms. The first-order valence-corrected chi connectivity index (χ1v) is 15.0. The molecule has 0 radical (unpaired) electrons. The number of hydrogen-bond donors (Lipinski definition) is 2. The fourth-order valence-corrected chi connectivity index (χ4v) is 6.02. The van der Waals surface area contributed by atoms with Crippen LogP contribution in [0.1, 0.15) is 84.4 Å². The first kappa shape index (κ1) is 38.0. The van der Waals surface area contributed by atoms with Crippen LogP contribution in [0.5, 0.6) is 0 Å². The van der Waals surface area contributed by atoms with Crippen molar-refractivity contribution in [1.82, 2.24) is 0 Å². The van der Waals surface area contributed by atoms with E-state index in [1.54, 1.807) is 0 Å². The summed E-state index contributed by atoms with van der Waals surface area (Å²) < 4.78 is 91.6. The molecule has 2 N–H and O–H groups in total. The number of imide groups is 1. The van der Waals surface area contributed by atoms with E-state index in [2.05, 4.69) is 11.8 Å². The second-order valence-electron chi connectivity index (χ2n) is 11.7. The first-order chi connectivity index (χ1) is 25.2. The molecule has 0 unspecified atom stereocenters. The van der Waals surface area contributed by atoms with Crippen LogP contribution in [-0.2, 0) is 5.41 Å². The number of carboxylic acid groups (broad SMARTS) is 2. The topological polar surface area (TPSA) is 149 Å². The maximum absolute atomic E-state index is 15.3. The summed E-state index contributed by atoms with van der Waals surface area (Å²) in [6.07, 6.45) is -1.82. The molecule has 1 aliphatic rings. The number of anilines is 2. The molecular weight excluding hydrogens is 726 g/mol. The number of carboxylic acids is 2. The molecule has 272 valence electrons. The van der Waals surface area contributed by atoms with Gasteiger partial charge in [-0.1, -0.05) is 30.0 Å². The summed E-state index contributed by atoms with van der Waals surface area (Å²) in [5.41, 5.74) is -13.0. The molecule has 0 saturated heterocycles. The average molecular weight is 747 g/mol. The van der Waals surface area contributed by atoms with Gasteiger partial charge in [0.25, 0.3) is 17.7 Å². The third-order valence-electron chi connectivity index (χ3n) is 8.63. The highest BCUT2D eigenvalue weighted by atomic mass is 19.4. The molecular formula is C38H20F6N2O8. The number of fused-ring (bicyclic) bond motifs is 1. The van der Waals surface area contributed by atoms with Crippen LogP contribution < -0.4 is 9.80 Å². The van der Waals surface area contributed by atoms with E-state index in [0.29, 0.717) is 34.1 Å². The summed E-state index contributed by atoms with van der Waals surface area (Å²) in [5, 5.41) is 18.9. The van der Waals surface area contributed by atoms with Crippen molar-refractivity contribution in [2.75, 3.05) is 16.8 Å². The van der Waals surface area contributed by atoms with Crippen LogP contribution in [0.15, 0.2) is 72.8 Å². The van der Waals surface area contributed by atoms with Crippen molar-refractivity contribution in [2.24, 2.45) is 0 Å². The number of halogens is 6. The number of aldehydes is 1. The van der Waals surface area contributed by atoms with E-state index in [0.717, 1.165) is 43.4 Å². The molecule has 0 atom stereocenters. The van der Waals surface area contributed by atoms with E-state index in [1.807, 2.05) is 0 Å². The molecule has 0 bridgehead atoms. The van der Waals surface area contributed by atoms with Crippen LogP contribution in [0.25, 0.3) is 0 Å². The molecule has 0 aliphatic carbocycles. The molecule has 4 aromatic rings. The van der Waals surface area contributed by atoms with Crippen molar-refractivity contribution >= 4 is 47.3 Å².